The Kier molecular flexibility index (Phi) is 5.98. The van der Waals surface area contributed by atoms with Gasteiger partial charge in [0.1, 0.15) is 12.4 Å². The van der Waals surface area contributed by atoms with Gasteiger partial charge in [-0.3, -0.25) is 4.99 Å². The Labute approximate surface area is 172 Å². The molecule has 2 atom stereocenters. The van der Waals surface area contributed by atoms with E-state index in [-0.39, 0.29) is 0 Å². The number of piperidine rings is 1. The van der Waals surface area contributed by atoms with Crippen molar-refractivity contribution in [2.75, 3.05) is 33.3 Å². The predicted molar refractivity (Wildman–Crippen MR) is 117 cm³/mol. The first-order chi connectivity index (χ1) is 14.3. The number of hydrogen-bond acceptors (Lipinski definition) is 3. The van der Waals surface area contributed by atoms with Crippen molar-refractivity contribution in [1.82, 2.24) is 19.8 Å². The van der Waals surface area contributed by atoms with Crippen LogP contribution < -0.4 is 10.1 Å². The van der Waals surface area contributed by atoms with Crippen LogP contribution in [0.1, 0.15) is 19.4 Å². The lowest BCUT2D eigenvalue weighted by Gasteiger charge is -2.39. The quantitative estimate of drug-likeness (QED) is 0.410. The molecule has 6 heteroatoms. The number of nitrogens with zero attached hydrogens (tertiary/aromatic N) is 4. The van der Waals surface area contributed by atoms with Gasteiger partial charge in [0.25, 0.3) is 0 Å². The number of fused-ring (bicyclic) bond motifs is 1. The summed E-state index contributed by atoms with van der Waals surface area (Å²) in [6, 6.07) is 14.9. The van der Waals surface area contributed by atoms with E-state index >= 15 is 0 Å². The molecule has 1 aromatic heterocycles. The molecule has 2 aromatic carbocycles. The minimum absolute atomic E-state index is 0.414. The van der Waals surface area contributed by atoms with Crippen LogP contribution >= 0.6 is 0 Å². The summed E-state index contributed by atoms with van der Waals surface area (Å²) in [7, 11) is 1.85. The third kappa shape index (κ3) is 4.36. The summed E-state index contributed by atoms with van der Waals surface area (Å²) in [6.45, 7) is 5.55. The average Bonchev–Trinajstić information content (AvgIpc) is 3.29. The van der Waals surface area contributed by atoms with Crippen molar-refractivity contribution in [3.05, 3.63) is 61.2 Å². The lowest BCUT2D eigenvalue weighted by Crippen LogP contribution is -2.49. The van der Waals surface area contributed by atoms with Crippen molar-refractivity contribution in [3.63, 3.8) is 0 Å². The summed E-state index contributed by atoms with van der Waals surface area (Å²) in [5, 5.41) is 5.81. The third-order valence-electron chi connectivity index (χ3n) is 5.73. The predicted octanol–water partition coefficient (Wildman–Crippen LogP) is 3.57. The van der Waals surface area contributed by atoms with Gasteiger partial charge in [-0.25, -0.2) is 4.98 Å². The van der Waals surface area contributed by atoms with Gasteiger partial charge >= 0.3 is 0 Å². The number of guanidine groups is 1. The molecule has 152 valence electrons. The molecule has 1 fully saturated rings. The van der Waals surface area contributed by atoms with E-state index in [9.17, 15) is 0 Å². The lowest BCUT2D eigenvalue weighted by atomic mass is 9.93. The van der Waals surface area contributed by atoms with Gasteiger partial charge in [-0.2, -0.15) is 0 Å². The fourth-order valence-electron chi connectivity index (χ4n) is 4.07. The van der Waals surface area contributed by atoms with Gasteiger partial charge in [-0.1, -0.05) is 43.3 Å². The molecule has 2 unspecified atom stereocenters. The van der Waals surface area contributed by atoms with Crippen LogP contribution in [0.15, 0.2) is 66.2 Å². The number of likely N-dealkylation sites (tertiary alicyclic amines) is 1. The molecule has 2 heterocycles. The Hall–Kier alpha value is -3.02. The maximum absolute atomic E-state index is 6.05. The van der Waals surface area contributed by atoms with Gasteiger partial charge in [0.05, 0.1) is 18.9 Å². The number of imidazole rings is 1. The number of hydrogen-bond donors (Lipinski definition) is 1. The minimum atomic E-state index is 0.414. The van der Waals surface area contributed by atoms with Crippen molar-refractivity contribution in [2.45, 2.75) is 19.4 Å². The SMILES string of the molecule is CN=C(NCCOc1cccc2ccccc12)N1CCC(C)C(n2ccnc2)C1. The monoisotopic (exact) mass is 391 g/mol. The molecule has 0 spiro atoms. The van der Waals surface area contributed by atoms with Crippen LogP contribution in [0.25, 0.3) is 10.8 Å². The normalized spacial score (nSPS) is 20.1. The molecule has 4 rings (SSSR count). The summed E-state index contributed by atoms with van der Waals surface area (Å²) in [5.74, 6) is 2.48. The second kappa shape index (κ2) is 8.99. The molecule has 3 aromatic rings. The highest BCUT2D eigenvalue weighted by molar-refractivity contribution is 5.88. The highest BCUT2D eigenvalue weighted by Crippen LogP contribution is 2.27. The topological polar surface area (TPSA) is 54.7 Å². The molecule has 1 aliphatic rings. The van der Waals surface area contributed by atoms with E-state index in [2.05, 4.69) is 56.1 Å². The number of rotatable bonds is 5. The molecule has 29 heavy (non-hydrogen) atoms. The van der Waals surface area contributed by atoms with Crippen LogP contribution in [0.3, 0.4) is 0 Å². The van der Waals surface area contributed by atoms with Crippen molar-refractivity contribution in [3.8, 4) is 5.75 Å². The number of nitrogens with one attached hydrogen (secondary N) is 1. The molecule has 0 amide bonds. The Bertz CT molecular complexity index is 948. The van der Waals surface area contributed by atoms with E-state index in [1.807, 2.05) is 43.8 Å². The van der Waals surface area contributed by atoms with Crippen LogP contribution in [0, 0.1) is 5.92 Å². The van der Waals surface area contributed by atoms with Crippen molar-refractivity contribution in [2.24, 2.45) is 10.9 Å². The second-order valence-electron chi connectivity index (χ2n) is 7.59. The lowest BCUT2D eigenvalue weighted by molar-refractivity contribution is 0.188. The van der Waals surface area contributed by atoms with Crippen LogP contribution in [0.5, 0.6) is 5.75 Å². The fourth-order valence-corrected chi connectivity index (χ4v) is 4.07. The first-order valence-corrected chi connectivity index (χ1v) is 10.3. The minimum Gasteiger partial charge on any atom is -0.491 e. The molecular formula is C23H29N5O. The van der Waals surface area contributed by atoms with E-state index in [0.717, 1.165) is 36.6 Å². The summed E-state index contributed by atoms with van der Waals surface area (Å²) in [5.41, 5.74) is 0. The first-order valence-electron chi connectivity index (χ1n) is 10.3. The Balaban J connectivity index is 1.32. The number of aliphatic imine (C=N–C) groups is 1. The van der Waals surface area contributed by atoms with Gasteiger partial charge < -0.3 is 19.5 Å². The summed E-state index contributed by atoms with van der Waals surface area (Å²) >= 11 is 0. The highest BCUT2D eigenvalue weighted by Gasteiger charge is 2.28. The molecule has 0 aliphatic carbocycles. The van der Waals surface area contributed by atoms with Gasteiger partial charge in [0.15, 0.2) is 5.96 Å². The highest BCUT2D eigenvalue weighted by atomic mass is 16.5. The molecule has 1 aliphatic heterocycles. The van der Waals surface area contributed by atoms with Gasteiger partial charge in [-0.15, -0.1) is 0 Å². The van der Waals surface area contributed by atoms with Crippen LogP contribution in [-0.2, 0) is 0 Å². The smallest absolute Gasteiger partial charge is 0.193 e. The largest absolute Gasteiger partial charge is 0.491 e. The summed E-state index contributed by atoms with van der Waals surface area (Å²) in [4.78, 5) is 11.0. The molecule has 0 radical (unpaired) electrons. The third-order valence-corrected chi connectivity index (χ3v) is 5.73. The van der Waals surface area contributed by atoms with Crippen molar-refractivity contribution < 1.29 is 4.74 Å². The van der Waals surface area contributed by atoms with E-state index in [4.69, 9.17) is 4.74 Å². The zero-order valence-corrected chi connectivity index (χ0v) is 17.2. The molecule has 1 saturated heterocycles. The Morgan fingerprint density at radius 1 is 1.24 bits per heavy atom. The number of aromatic nitrogens is 2. The van der Waals surface area contributed by atoms with Crippen LogP contribution in [0.2, 0.25) is 0 Å². The zero-order valence-electron chi connectivity index (χ0n) is 17.2. The van der Waals surface area contributed by atoms with E-state index in [0.29, 0.717) is 25.1 Å². The zero-order chi connectivity index (χ0) is 20.1. The maximum atomic E-state index is 6.05. The van der Waals surface area contributed by atoms with Gasteiger partial charge in [0.2, 0.25) is 0 Å². The number of benzene rings is 2. The maximum Gasteiger partial charge on any atom is 0.193 e. The molecule has 6 nitrogen and oxygen atoms in total. The van der Waals surface area contributed by atoms with Crippen molar-refractivity contribution in [1.29, 1.82) is 0 Å². The van der Waals surface area contributed by atoms with E-state index in [1.165, 1.54) is 5.39 Å². The molecule has 0 saturated carbocycles. The van der Waals surface area contributed by atoms with Crippen LogP contribution in [0.4, 0.5) is 0 Å². The standard InChI is InChI=1S/C23H29N5O/c1-18-10-13-27(16-21(18)28-14-11-25-17-28)23(24-2)26-12-15-29-22-9-5-7-19-6-3-4-8-20(19)22/h3-9,11,14,17-18,21H,10,12-13,15-16H2,1-2H3,(H,24,26). The Morgan fingerprint density at radius 3 is 2.93 bits per heavy atom. The summed E-state index contributed by atoms with van der Waals surface area (Å²) in [6.07, 6.45) is 6.96. The molecule has 0 bridgehead atoms. The van der Waals surface area contributed by atoms with E-state index in [1.54, 1.807) is 0 Å². The van der Waals surface area contributed by atoms with Gasteiger partial charge in [-0.05, 0) is 23.8 Å². The van der Waals surface area contributed by atoms with Crippen molar-refractivity contribution >= 4 is 16.7 Å². The number of ether oxygens (including phenoxy) is 1. The molecular weight excluding hydrogens is 362 g/mol. The van der Waals surface area contributed by atoms with Gasteiger partial charge in [0, 0.05) is 37.9 Å². The molecule has 1 N–H and O–H groups in total. The summed E-state index contributed by atoms with van der Waals surface area (Å²) < 4.78 is 8.27. The van der Waals surface area contributed by atoms with Crippen LogP contribution in [-0.4, -0.2) is 53.7 Å². The Morgan fingerprint density at radius 2 is 2.10 bits per heavy atom. The average molecular weight is 392 g/mol. The fraction of sp³-hybridized carbons (Fsp3) is 0.391. The van der Waals surface area contributed by atoms with E-state index < -0.39 is 0 Å². The first kappa shape index (κ1) is 19.3. The second-order valence-corrected chi connectivity index (χ2v) is 7.59.